The number of nitrogens with one attached hydrogen (secondary N) is 2. The fourth-order valence-electron chi connectivity index (χ4n) is 4.37. The van der Waals surface area contributed by atoms with Gasteiger partial charge in [0.2, 0.25) is 0 Å². The smallest absolute Gasteiger partial charge is 0.457 e. The first kappa shape index (κ1) is 30.9. The number of benzene rings is 2. The minimum atomic E-state index is -4.34. The van der Waals surface area contributed by atoms with Gasteiger partial charge in [-0.2, -0.15) is 10.3 Å². The van der Waals surface area contributed by atoms with E-state index in [4.69, 9.17) is 18.5 Å². The number of hydrogen-bond acceptors (Lipinski definition) is 10. The lowest BCUT2D eigenvalue weighted by molar-refractivity contribution is -0.150. The number of ether oxygens (including phenoxy) is 2. The van der Waals surface area contributed by atoms with Crippen molar-refractivity contribution in [3.05, 3.63) is 99.3 Å². The van der Waals surface area contributed by atoms with Gasteiger partial charge < -0.3 is 19.1 Å². The Morgan fingerprint density at radius 2 is 1.81 bits per heavy atom. The van der Waals surface area contributed by atoms with Gasteiger partial charge in [0.25, 0.3) is 5.56 Å². The molecule has 3 aromatic rings. The standard InChI is InChI=1S/C28H31N4O9P/c1-18(25(35)39-19(2)20-10-6-4-7-11-20)31-42(37,41-21-12-8-5-9-13-21)38-16-22-24(34)28(3,17-29)26(40-22)32-15-14-23(33)30-27(32)36/h4-15,18-19,22,24,26,34H,16H2,1-3H3,(H,31,37)(H,30,33,36)/t18?,19-,22-,24-,26-,28-,42?/m1/s1. The third-order valence-corrected chi connectivity index (χ3v) is 8.42. The van der Waals surface area contributed by atoms with Crippen molar-refractivity contribution in [1.29, 1.82) is 5.26 Å². The summed E-state index contributed by atoms with van der Waals surface area (Å²) < 4.78 is 37.5. The molecule has 1 saturated heterocycles. The van der Waals surface area contributed by atoms with Gasteiger partial charge >= 0.3 is 19.4 Å². The van der Waals surface area contributed by atoms with E-state index in [1.807, 2.05) is 24.3 Å². The third-order valence-electron chi connectivity index (χ3n) is 6.77. The molecular formula is C28H31N4O9P. The highest BCUT2D eigenvalue weighted by Gasteiger charge is 2.55. The quantitative estimate of drug-likeness (QED) is 0.218. The van der Waals surface area contributed by atoms with E-state index in [2.05, 4.69) is 10.1 Å². The second kappa shape index (κ2) is 12.9. The first-order chi connectivity index (χ1) is 20.0. The summed E-state index contributed by atoms with van der Waals surface area (Å²) >= 11 is 0. The van der Waals surface area contributed by atoms with Gasteiger partial charge in [0.05, 0.1) is 12.7 Å². The minimum absolute atomic E-state index is 0.166. The number of aromatic amines is 1. The zero-order valence-electron chi connectivity index (χ0n) is 23.1. The molecule has 1 aliphatic heterocycles. The van der Waals surface area contributed by atoms with Crippen molar-refractivity contribution >= 4 is 13.7 Å². The van der Waals surface area contributed by atoms with E-state index in [1.165, 1.54) is 26.0 Å². The predicted octanol–water partition coefficient (Wildman–Crippen LogP) is 2.81. The molecule has 1 aliphatic rings. The monoisotopic (exact) mass is 598 g/mol. The highest BCUT2D eigenvalue weighted by Crippen LogP contribution is 2.48. The fourth-order valence-corrected chi connectivity index (χ4v) is 5.87. The van der Waals surface area contributed by atoms with Gasteiger partial charge in [-0.1, -0.05) is 48.5 Å². The molecule has 0 spiro atoms. The van der Waals surface area contributed by atoms with Gasteiger partial charge in [-0.15, -0.1) is 0 Å². The molecule has 14 heteroatoms. The molecule has 0 amide bonds. The second-order valence-electron chi connectivity index (χ2n) is 9.92. The number of H-pyrrole nitrogens is 1. The summed E-state index contributed by atoms with van der Waals surface area (Å²) in [6.07, 6.45) is -3.52. The number of carbonyl (C=O) groups is 1. The summed E-state index contributed by atoms with van der Waals surface area (Å²) in [6, 6.07) is 19.0. The Morgan fingerprint density at radius 3 is 2.43 bits per heavy atom. The van der Waals surface area contributed by atoms with Crippen molar-refractivity contribution in [1.82, 2.24) is 14.6 Å². The summed E-state index contributed by atoms with van der Waals surface area (Å²) in [4.78, 5) is 38.9. The Hall–Kier alpha value is -4.05. The van der Waals surface area contributed by atoms with Crippen LogP contribution in [0.25, 0.3) is 0 Å². The molecule has 2 unspecified atom stereocenters. The first-order valence-corrected chi connectivity index (χ1v) is 14.6. The number of hydrogen-bond donors (Lipinski definition) is 3. The van der Waals surface area contributed by atoms with Crippen LogP contribution in [0, 0.1) is 16.7 Å². The lowest BCUT2D eigenvalue weighted by atomic mass is 9.84. The van der Waals surface area contributed by atoms with Gasteiger partial charge in [0.1, 0.15) is 35.5 Å². The largest absolute Gasteiger partial charge is 0.459 e. The van der Waals surface area contributed by atoms with E-state index >= 15 is 0 Å². The van der Waals surface area contributed by atoms with Crippen molar-refractivity contribution in [2.24, 2.45) is 5.41 Å². The van der Waals surface area contributed by atoms with E-state index in [0.29, 0.717) is 0 Å². The molecule has 0 radical (unpaired) electrons. The van der Waals surface area contributed by atoms with E-state index in [-0.39, 0.29) is 5.75 Å². The molecule has 0 bridgehead atoms. The molecule has 42 heavy (non-hydrogen) atoms. The van der Waals surface area contributed by atoms with Crippen molar-refractivity contribution < 1.29 is 33.0 Å². The van der Waals surface area contributed by atoms with Crippen LogP contribution in [-0.2, 0) is 23.4 Å². The summed E-state index contributed by atoms with van der Waals surface area (Å²) in [6.45, 7) is 3.94. The molecule has 3 N–H and O–H groups in total. The van der Waals surface area contributed by atoms with Gasteiger partial charge in [0.15, 0.2) is 6.23 Å². The average molecular weight is 599 g/mol. The van der Waals surface area contributed by atoms with E-state index in [1.54, 1.807) is 37.3 Å². The lowest BCUT2D eigenvalue weighted by Gasteiger charge is -2.26. The first-order valence-electron chi connectivity index (χ1n) is 13.0. The second-order valence-corrected chi connectivity index (χ2v) is 11.6. The number of carbonyl (C=O) groups excluding carboxylic acids is 1. The Labute approximate surface area is 241 Å². The molecule has 4 rings (SSSR count). The van der Waals surface area contributed by atoms with E-state index in [0.717, 1.165) is 22.4 Å². The maximum atomic E-state index is 13.9. The Kier molecular flexibility index (Phi) is 9.46. The van der Waals surface area contributed by atoms with Crippen LogP contribution >= 0.6 is 7.75 Å². The molecule has 1 aromatic heterocycles. The maximum Gasteiger partial charge on any atom is 0.459 e. The van der Waals surface area contributed by atoms with Crippen molar-refractivity contribution in [3.63, 3.8) is 0 Å². The van der Waals surface area contributed by atoms with Gasteiger partial charge in [-0.05, 0) is 38.5 Å². The molecule has 0 aliphatic carbocycles. The molecule has 0 saturated carbocycles. The minimum Gasteiger partial charge on any atom is -0.457 e. The zero-order valence-corrected chi connectivity index (χ0v) is 24.0. The number of nitriles is 1. The Bertz CT molecular complexity index is 1590. The van der Waals surface area contributed by atoms with Gasteiger partial charge in [-0.25, -0.2) is 9.36 Å². The molecule has 2 aromatic carbocycles. The number of aliphatic hydroxyl groups excluding tert-OH is 1. The average Bonchev–Trinajstić information content (AvgIpc) is 3.22. The number of rotatable bonds is 11. The third kappa shape index (κ3) is 6.87. The number of para-hydroxylation sites is 1. The predicted molar refractivity (Wildman–Crippen MR) is 149 cm³/mol. The number of aromatic nitrogens is 2. The van der Waals surface area contributed by atoms with Crippen LogP contribution in [0.15, 0.2) is 82.5 Å². The van der Waals surface area contributed by atoms with Crippen LogP contribution in [0.2, 0.25) is 0 Å². The van der Waals surface area contributed by atoms with E-state index < -0.39 is 67.6 Å². The maximum absolute atomic E-state index is 13.9. The van der Waals surface area contributed by atoms with Gasteiger partial charge in [-0.3, -0.25) is 23.7 Å². The number of aliphatic hydroxyl groups is 1. The summed E-state index contributed by atoms with van der Waals surface area (Å²) in [5.41, 5.74) is -2.38. The van der Waals surface area contributed by atoms with Crippen molar-refractivity contribution in [2.45, 2.75) is 51.4 Å². The van der Waals surface area contributed by atoms with E-state index in [9.17, 15) is 29.3 Å². The summed E-state index contributed by atoms with van der Waals surface area (Å²) in [5.74, 6) is -0.558. The highest BCUT2D eigenvalue weighted by molar-refractivity contribution is 7.52. The molecule has 2 heterocycles. The van der Waals surface area contributed by atoms with Crippen LogP contribution in [0.5, 0.6) is 5.75 Å². The Morgan fingerprint density at radius 1 is 1.17 bits per heavy atom. The lowest BCUT2D eigenvalue weighted by Crippen LogP contribution is -2.41. The van der Waals surface area contributed by atoms with Crippen LogP contribution in [0.3, 0.4) is 0 Å². The van der Waals surface area contributed by atoms with Crippen LogP contribution in [0.1, 0.15) is 38.7 Å². The SMILES string of the molecule is CC(NP(=O)(OC[C@H]1O[C@@H](n2ccc(=O)[nH]c2=O)[C@](C)(C#N)[C@@H]1O)Oc1ccccc1)C(=O)O[C@H](C)c1ccccc1. The highest BCUT2D eigenvalue weighted by atomic mass is 31.2. The van der Waals surface area contributed by atoms with Crippen LogP contribution < -0.4 is 20.9 Å². The fraction of sp³-hybridized carbons (Fsp3) is 0.357. The topological polar surface area (TPSA) is 182 Å². The van der Waals surface area contributed by atoms with Gasteiger partial charge in [0, 0.05) is 12.3 Å². The Balaban J connectivity index is 1.52. The molecule has 1 fully saturated rings. The molecule has 222 valence electrons. The molecular weight excluding hydrogens is 567 g/mol. The van der Waals surface area contributed by atoms with Crippen LogP contribution in [0.4, 0.5) is 0 Å². The molecule has 13 nitrogen and oxygen atoms in total. The number of nitrogens with zero attached hydrogens (tertiary/aromatic N) is 2. The van der Waals surface area contributed by atoms with Crippen molar-refractivity contribution in [3.8, 4) is 11.8 Å². The van der Waals surface area contributed by atoms with Crippen LogP contribution in [-0.4, -0.2) is 45.5 Å². The summed E-state index contributed by atoms with van der Waals surface area (Å²) in [7, 11) is -4.34. The normalized spacial score (nSPS) is 24.6. The molecule has 7 atom stereocenters. The van der Waals surface area contributed by atoms with Crippen molar-refractivity contribution in [2.75, 3.05) is 6.61 Å². The summed E-state index contributed by atoms with van der Waals surface area (Å²) in [5, 5.41) is 23.5. The number of esters is 1. The zero-order chi connectivity index (χ0) is 30.5.